The molecule has 25 heavy (non-hydrogen) atoms. The van der Waals surface area contributed by atoms with E-state index < -0.39 is 0 Å². The van der Waals surface area contributed by atoms with Crippen LogP contribution in [0.2, 0.25) is 5.02 Å². The molecule has 1 fully saturated rings. The number of aryl methyl sites for hydroxylation is 1. The molecule has 1 aliphatic heterocycles. The van der Waals surface area contributed by atoms with E-state index in [2.05, 4.69) is 20.4 Å². The zero-order valence-electron chi connectivity index (χ0n) is 13.9. The van der Waals surface area contributed by atoms with Gasteiger partial charge in [-0.25, -0.2) is 0 Å². The molecule has 8 heteroatoms. The molecule has 3 rings (SSSR count). The topological polar surface area (TPSA) is 80.5 Å². The Morgan fingerprint density at radius 2 is 2.00 bits per heavy atom. The van der Waals surface area contributed by atoms with Crippen LogP contribution < -0.4 is 5.32 Å². The first-order chi connectivity index (χ1) is 12.2. The monoisotopic (exact) mass is 364 g/mol. The molecule has 134 valence electrons. The van der Waals surface area contributed by atoms with Crippen molar-refractivity contribution in [3.8, 4) is 11.4 Å². The highest BCUT2D eigenvalue weighted by Gasteiger charge is 2.12. The minimum Gasteiger partial charge on any atom is -0.379 e. The minimum absolute atomic E-state index is 0.0143. The number of nitrogens with zero attached hydrogens (tertiary/aromatic N) is 3. The number of rotatable bonds is 7. The van der Waals surface area contributed by atoms with Crippen molar-refractivity contribution in [2.45, 2.75) is 12.8 Å². The van der Waals surface area contributed by atoms with E-state index in [4.69, 9.17) is 20.9 Å². The van der Waals surface area contributed by atoms with E-state index in [0.717, 1.165) is 38.4 Å². The van der Waals surface area contributed by atoms with Gasteiger partial charge in [-0.1, -0.05) is 16.8 Å². The maximum Gasteiger partial charge on any atom is 0.227 e. The molecule has 7 nitrogen and oxygen atoms in total. The molecule has 2 heterocycles. The maximum absolute atomic E-state index is 11.9. The number of morpholine rings is 1. The summed E-state index contributed by atoms with van der Waals surface area (Å²) in [6, 6.07) is 7.20. The Bertz CT molecular complexity index is 683. The summed E-state index contributed by atoms with van der Waals surface area (Å²) in [4.78, 5) is 18.5. The van der Waals surface area contributed by atoms with Crippen LogP contribution in [-0.2, 0) is 16.0 Å². The predicted molar refractivity (Wildman–Crippen MR) is 93.3 cm³/mol. The van der Waals surface area contributed by atoms with Crippen LogP contribution in [0.1, 0.15) is 12.3 Å². The number of amides is 1. The Balaban J connectivity index is 1.39. The van der Waals surface area contributed by atoms with Gasteiger partial charge in [0.05, 0.1) is 13.2 Å². The fourth-order valence-corrected chi connectivity index (χ4v) is 2.69. The lowest BCUT2D eigenvalue weighted by molar-refractivity contribution is -0.121. The van der Waals surface area contributed by atoms with E-state index >= 15 is 0 Å². The minimum atomic E-state index is -0.0143. The number of hydrogen-bond acceptors (Lipinski definition) is 6. The quantitative estimate of drug-likeness (QED) is 0.806. The van der Waals surface area contributed by atoms with Crippen molar-refractivity contribution in [1.82, 2.24) is 20.4 Å². The van der Waals surface area contributed by atoms with Gasteiger partial charge >= 0.3 is 0 Å². The van der Waals surface area contributed by atoms with Gasteiger partial charge in [-0.2, -0.15) is 4.98 Å². The predicted octanol–water partition coefficient (Wildman–Crippen LogP) is 1.77. The molecule has 0 unspecified atom stereocenters. The number of carbonyl (C=O) groups excluding carboxylic acids is 1. The van der Waals surface area contributed by atoms with Crippen LogP contribution in [0.4, 0.5) is 0 Å². The number of benzene rings is 1. The van der Waals surface area contributed by atoms with Crippen LogP contribution in [0, 0.1) is 0 Å². The van der Waals surface area contributed by atoms with Crippen LogP contribution in [0.25, 0.3) is 11.4 Å². The van der Waals surface area contributed by atoms with E-state index in [-0.39, 0.29) is 5.91 Å². The Kier molecular flexibility index (Phi) is 6.38. The molecule has 1 aliphatic rings. The number of halogens is 1. The molecule has 1 amide bonds. The average molecular weight is 365 g/mol. The largest absolute Gasteiger partial charge is 0.379 e. The highest BCUT2D eigenvalue weighted by molar-refractivity contribution is 6.30. The third-order valence-corrected chi connectivity index (χ3v) is 4.24. The second kappa shape index (κ2) is 8.94. The zero-order valence-corrected chi connectivity index (χ0v) is 14.7. The fraction of sp³-hybridized carbons (Fsp3) is 0.471. The van der Waals surface area contributed by atoms with E-state index in [1.807, 2.05) is 12.1 Å². The van der Waals surface area contributed by atoms with Gasteiger partial charge in [0.25, 0.3) is 0 Å². The molecule has 0 bridgehead atoms. The Morgan fingerprint density at radius 1 is 1.24 bits per heavy atom. The molecule has 1 N–H and O–H groups in total. The molecule has 1 aromatic carbocycles. The van der Waals surface area contributed by atoms with Crippen LogP contribution in [0.3, 0.4) is 0 Å². The average Bonchev–Trinajstić information content (AvgIpc) is 3.10. The fourth-order valence-electron chi connectivity index (χ4n) is 2.56. The summed E-state index contributed by atoms with van der Waals surface area (Å²) in [5.41, 5.74) is 0.828. The lowest BCUT2D eigenvalue weighted by atomic mass is 10.2. The normalized spacial score (nSPS) is 15.2. The first-order valence-corrected chi connectivity index (χ1v) is 8.74. The van der Waals surface area contributed by atoms with Crippen molar-refractivity contribution in [2.75, 3.05) is 39.4 Å². The maximum atomic E-state index is 11.9. The van der Waals surface area contributed by atoms with E-state index in [0.29, 0.717) is 36.1 Å². The molecule has 0 saturated carbocycles. The molecular weight excluding hydrogens is 344 g/mol. The van der Waals surface area contributed by atoms with E-state index in [1.54, 1.807) is 12.1 Å². The van der Waals surface area contributed by atoms with Gasteiger partial charge in [0.2, 0.25) is 17.6 Å². The summed E-state index contributed by atoms with van der Waals surface area (Å²) in [6.45, 7) is 4.86. The SMILES string of the molecule is O=C(CCc1nc(-c2ccc(Cl)cc2)no1)NCCN1CCOCC1. The van der Waals surface area contributed by atoms with Crippen molar-refractivity contribution in [1.29, 1.82) is 0 Å². The van der Waals surface area contributed by atoms with Crippen LogP contribution in [-0.4, -0.2) is 60.3 Å². The number of nitrogens with one attached hydrogen (secondary N) is 1. The van der Waals surface area contributed by atoms with Gasteiger partial charge in [0.15, 0.2) is 0 Å². The first kappa shape index (κ1) is 17.8. The molecule has 2 aromatic rings. The van der Waals surface area contributed by atoms with E-state index in [9.17, 15) is 4.79 Å². The number of hydrogen-bond donors (Lipinski definition) is 1. The summed E-state index contributed by atoms with van der Waals surface area (Å²) in [7, 11) is 0. The molecule has 1 aromatic heterocycles. The lowest BCUT2D eigenvalue weighted by Gasteiger charge is -2.26. The van der Waals surface area contributed by atoms with Crippen molar-refractivity contribution >= 4 is 17.5 Å². The smallest absolute Gasteiger partial charge is 0.227 e. The number of carbonyl (C=O) groups is 1. The first-order valence-electron chi connectivity index (χ1n) is 8.36. The highest BCUT2D eigenvalue weighted by atomic mass is 35.5. The lowest BCUT2D eigenvalue weighted by Crippen LogP contribution is -2.41. The molecular formula is C17H21ClN4O3. The second-order valence-corrected chi connectivity index (χ2v) is 6.26. The number of aromatic nitrogens is 2. The molecule has 1 saturated heterocycles. The standard InChI is InChI=1S/C17H21ClN4O3/c18-14-3-1-13(2-4-14)17-20-16(25-21-17)6-5-15(23)19-7-8-22-9-11-24-12-10-22/h1-4H,5-12H2,(H,19,23). The Labute approximate surface area is 151 Å². The Hall–Kier alpha value is -1.96. The van der Waals surface area contributed by atoms with Crippen LogP contribution >= 0.6 is 11.6 Å². The summed E-state index contributed by atoms with van der Waals surface area (Å²) in [5, 5.41) is 7.51. The van der Waals surface area contributed by atoms with Gasteiger partial charge in [0.1, 0.15) is 0 Å². The van der Waals surface area contributed by atoms with Gasteiger partial charge in [-0.05, 0) is 24.3 Å². The molecule has 0 spiro atoms. The molecule has 0 radical (unpaired) electrons. The van der Waals surface area contributed by atoms with Crippen LogP contribution in [0.5, 0.6) is 0 Å². The van der Waals surface area contributed by atoms with Gasteiger partial charge in [-0.15, -0.1) is 0 Å². The summed E-state index contributed by atoms with van der Waals surface area (Å²) < 4.78 is 10.5. The second-order valence-electron chi connectivity index (χ2n) is 5.82. The van der Waals surface area contributed by atoms with Gasteiger partial charge in [-0.3, -0.25) is 9.69 Å². The third kappa shape index (κ3) is 5.52. The summed E-state index contributed by atoms with van der Waals surface area (Å²) >= 11 is 5.86. The van der Waals surface area contributed by atoms with Crippen molar-refractivity contribution < 1.29 is 14.1 Å². The Morgan fingerprint density at radius 3 is 2.76 bits per heavy atom. The summed E-state index contributed by atoms with van der Waals surface area (Å²) in [5.74, 6) is 0.937. The van der Waals surface area contributed by atoms with Crippen molar-refractivity contribution in [3.63, 3.8) is 0 Å². The number of ether oxygens (including phenoxy) is 1. The highest BCUT2D eigenvalue weighted by Crippen LogP contribution is 2.18. The van der Waals surface area contributed by atoms with E-state index in [1.165, 1.54) is 0 Å². The molecule has 0 aliphatic carbocycles. The molecule has 0 atom stereocenters. The van der Waals surface area contributed by atoms with Gasteiger partial charge in [0, 0.05) is 49.6 Å². The van der Waals surface area contributed by atoms with Crippen LogP contribution in [0.15, 0.2) is 28.8 Å². The van der Waals surface area contributed by atoms with Crippen molar-refractivity contribution in [2.24, 2.45) is 0 Å². The zero-order chi connectivity index (χ0) is 17.5. The summed E-state index contributed by atoms with van der Waals surface area (Å²) in [6.07, 6.45) is 0.745. The van der Waals surface area contributed by atoms with Gasteiger partial charge < -0.3 is 14.6 Å². The third-order valence-electron chi connectivity index (χ3n) is 3.99. The van der Waals surface area contributed by atoms with Crippen molar-refractivity contribution in [3.05, 3.63) is 35.2 Å².